The van der Waals surface area contributed by atoms with Crippen molar-refractivity contribution in [2.75, 3.05) is 26.2 Å². The van der Waals surface area contributed by atoms with Gasteiger partial charge < -0.3 is 20.6 Å². The summed E-state index contributed by atoms with van der Waals surface area (Å²) in [6.07, 6.45) is 2.86. The summed E-state index contributed by atoms with van der Waals surface area (Å²) in [4.78, 5) is 49.0. The number of benzene rings is 2. The van der Waals surface area contributed by atoms with Gasteiger partial charge in [-0.3, -0.25) is 28.5 Å². The third-order valence-electron chi connectivity index (χ3n) is 7.44. The number of hydrogen-bond acceptors (Lipinski definition) is 6. The molecule has 12 nitrogen and oxygen atoms in total. The van der Waals surface area contributed by atoms with Gasteiger partial charge in [-0.1, -0.05) is 12.1 Å². The fourth-order valence-electron chi connectivity index (χ4n) is 5.34. The number of nitrogens with zero attached hydrogens (tertiary/aromatic N) is 5. The molecule has 0 spiro atoms. The van der Waals surface area contributed by atoms with Gasteiger partial charge in [0.15, 0.2) is 0 Å². The van der Waals surface area contributed by atoms with Crippen LogP contribution in [0.5, 0.6) is 0 Å². The summed E-state index contributed by atoms with van der Waals surface area (Å²) in [6.45, 7) is 1.60. The minimum Gasteiger partial charge on any atom is -0.480 e. The van der Waals surface area contributed by atoms with E-state index in [1.54, 1.807) is 28.2 Å². The van der Waals surface area contributed by atoms with Crippen molar-refractivity contribution >= 4 is 45.5 Å². The maximum absolute atomic E-state index is 15.1. The molecular weight excluding hydrogens is 533 g/mol. The maximum atomic E-state index is 15.1. The number of carboxylic acids is 1. The number of carbonyl (C=O) groups excluding carboxylic acids is 3. The highest BCUT2D eigenvalue weighted by atomic mass is 19.1. The van der Waals surface area contributed by atoms with Crippen LogP contribution in [0.1, 0.15) is 31.4 Å². The second-order valence-electron chi connectivity index (χ2n) is 10.1. The van der Waals surface area contributed by atoms with Gasteiger partial charge in [-0.05, 0) is 42.2 Å². The van der Waals surface area contributed by atoms with E-state index in [4.69, 9.17) is 10.2 Å². The third-order valence-corrected chi connectivity index (χ3v) is 7.44. The number of halogens is 1. The number of aryl methyl sites for hydroxylation is 1. The summed E-state index contributed by atoms with van der Waals surface area (Å²) in [7, 11) is 1.75. The number of fused-ring (bicyclic) bond motifs is 2. The van der Waals surface area contributed by atoms with E-state index in [9.17, 15) is 19.2 Å². The number of nitrogens with one attached hydrogen (secondary N) is 2. The van der Waals surface area contributed by atoms with E-state index < -0.39 is 30.1 Å². The SMILES string of the molecule is CC(=O)N1CCC(c2nn(CC(=O)NCC(=O)NCC(=O)O)c3cccc(-c4cc(F)c5cnn(C)c5c4)c23)CC1. The zero-order chi connectivity index (χ0) is 29.3. The van der Waals surface area contributed by atoms with Gasteiger partial charge in [0.2, 0.25) is 17.7 Å². The van der Waals surface area contributed by atoms with Crippen molar-refractivity contribution in [1.82, 2.24) is 35.1 Å². The molecule has 4 aromatic rings. The topological polar surface area (TPSA) is 151 Å². The first-order chi connectivity index (χ1) is 19.6. The van der Waals surface area contributed by atoms with Gasteiger partial charge in [-0.15, -0.1) is 0 Å². The second kappa shape index (κ2) is 11.4. The fourth-order valence-corrected chi connectivity index (χ4v) is 5.34. The molecule has 2 aromatic heterocycles. The Kier molecular flexibility index (Phi) is 7.68. The van der Waals surface area contributed by atoms with Crippen LogP contribution in [0.2, 0.25) is 0 Å². The Hall–Kier alpha value is -4.81. The van der Waals surface area contributed by atoms with Crippen molar-refractivity contribution in [3.63, 3.8) is 0 Å². The van der Waals surface area contributed by atoms with Crippen molar-refractivity contribution in [3.8, 4) is 11.1 Å². The van der Waals surface area contributed by atoms with Gasteiger partial charge in [-0.25, -0.2) is 4.39 Å². The number of amides is 3. The van der Waals surface area contributed by atoms with Gasteiger partial charge in [0, 0.05) is 38.4 Å². The average molecular weight is 564 g/mol. The molecule has 41 heavy (non-hydrogen) atoms. The van der Waals surface area contributed by atoms with Crippen LogP contribution in [-0.4, -0.2) is 79.4 Å². The first-order valence-corrected chi connectivity index (χ1v) is 13.2. The van der Waals surface area contributed by atoms with Gasteiger partial charge in [-0.2, -0.15) is 10.2 Å². The molecular formula is C28H30FN7O5. The monoisotopic (exact) mass is 563 g/mol. The number of hydrogen-bond donors (Lipinski definition) is 3. The summed E-state index contributed by atoms with van der Waals surface area (Å²) >= 11 is 0. The number of piperidine rings is 1. The first kappa shape index (κ1) is 27.7. The Morgan fingerprint density at radius 2 is 1.78 bits per heavy atom. The Labute approximate surface area is 234 Å². The van der Waals surface area contributed by atoms with Gasteiger partial charge in [0.25, 0.3) is 0 Å². The number of aromatic nitrogens is 4. The summed E-state index contributed by atoms with van der Waals surface area (Å²) < 4.78 is 18.3. The summed E-state index contributed by atoms with van der Waals surface area (Å²) in [5, 5.41) is 23.6. The molecule has 2 aromatic carbocycles. The van der Waals surface area contributed by atoms with Crippen LogP contribution < -0.4 is 10.6 Å². The molecule has 0 bridgehead atoms. The number of aliphatic carboxylic acids is 1. The molecule has 3 heterocycles. The smallest absolute Gasteiger partial charge is 0.322 e. The minimum atomic E-state index is -1.19. The molecule has 13 heteroatoms. The van der Waals surface area contributed by atoms with Gasteiger partial charge in [0.1, 0.15) is 18.9 Å². The highest BCUT2D eigenvalue weighted by Crippen LogP contribution is 2.39. The predicted molar refractivity (Wildman–Crippen MR) is 147 cm³/mol. The van der Waals surface area contributed by atoms with Crippen molar-refractivity contribution < 1.29 is 28.7 Å². The van der Waals surface area contributed by atoms with Crippen LogP contribution in [0.3, 0.4) is 0 Å². The lowest BCUT2D eigenvalue weighted by Crippen LogP contribution is -2.40. The standard InChI is InChI=1S/C28H30FN7O5/c1-16(37)35-8-6-17(7-9-35)28-27-19(18-10-21(29)20-12-32-34(2)23(20)11-18)4-3-5-22(27)36(33-28)15-25(39)30-13-24(38)31-14-26(40)41/h3-5,10-12,17H,6-9,13-15H2,1-2H3,(H,30,39)(H,31,38)(H,40,41). The van der Waals surface area contributed by atoms with Crippen LogP contribution in [0.4, 0.5) is 4.39 Å². The van der Waals surface area contributed by atoms with E-state index in [1.807, 2.05) is 24.3 Å². The Bertz CT molecular complexity index is 1670. The quantitative estimate of drug-likeness (QED) is 0.296. The predicted octanol–water partition coefficient (Wildman–Crippen LogP) is 1.77. The van der Waals surface area contributed by atoms with Crippen LogP contribution in [0, 0.1) is 5.82 Å². The van der Waals surface area contributed by atoms with E-state index in [0.717, 1.165) is 16.6 Å². The van der Waals surface area contributed by atoms with Crippen molar-refractivity contribution in [2.24, 2.45) is 7.05 Å². The van der Waals surface area contributed by atoms with E-state index in [2.05, 4.69) is 15.7 Å². The fraction of sp³-hybridized carbons (Fsp3) is 0.357. The van der Waals surface area contributed by atoms with Crippen LogP contribution >= 0.6 is 0 Å². The van der Waals surface area contributed by atoms with Crippen LogP contribution in [0.15, 0.2) is 36.5 Å². The van der Waals surface area contributed by atoms with E-state index >= 15 is 4.39 Å². The number of rotatable bonds is 8. The molecule has 0 aliphatic carbocycles. The number of carbonyl (C=O) groups is 4. The number of carboxylic acid groups (broad SMARTS) is 1. The van der Waals surface area contributed by atoms with Crippen LogP contribution in [0.25, 0.3) is 32.9 Å². The summed E-state index contributed by atoms with van der Waals surface area (Å²) in [6, 6.07) is 8.90. The molecule has 3 N–H and O–H groups in total. The van der Waals surface area contributed by atoms with Crippen molar-refractivity contribution in [2.45, 2.75) is 32.2 Å². The molecule has 214 valence electrons. The normalized spacial score (nSPS) is 14.0. The number of likely N-dealkylation sites (tertiary alicyclic amines) is 1. The maximum Gasteiger partial charge on any atom is 0.322 e. The van der Waals surface area contributed by atoms with Crippen molar-refractivity contribution in [1.29, 1.82) is 0 Å². The summed E-state index contributed by atoms with van der Waals surface area (Å²) in [5.41, 5.74) is 3.47. The Morgan fingerprint density at radius 3 is 2.49 bits per heavy atom. The molecule has 0 radical (unpaired) electrons. The molecule has 1 aliphatic rings. The van der Waals surface area contributed by atoms with Crippen LogP contribution in [-0.2, 0) is 32.8 Å². The molecule has 1 fully saturated rings. The van der Waals surface area contributed by atoms with E-state index in [-0.39, 0.29) is 24.9 Å². The molecule has 0 saturated carbocycles. The van der Waals surface area contributed by atoms with Gasteiger partial charge in [0.05, 0.1) is 34.9 Å². The third kappa shape index (κ3) is 5.74. The molecule has 5 rings (SSSR count). The molecule has 3 amide bonds. The first-order valence-electron chi connectivity index (χ1n) is 13.2. The second-order valence-corrected chi connectivity index (χ2v) is 10.1. The lowest BCUT2D eigenvalue weighted by Gasteiger charge is -2.30. The zero-order valence-corrected chi connectivity index (χ0v) is 22.7. The summed E-state index contributed by atoms with van der Waals surface area (Å²) in [5.74, 6) is -2.67. The minimum absolute atomic E-state index is 0.00522. The largest absolute Gasteiger partial charge is 0.480 e. The molecule has 1 aliphatic heterocycles. The average Bonchev–Trinajstić information content (AvgIpc) is 3.51. The Balaban J connectivity index is 1.51. The zero-order valence-electron chi connectivity index (χ0n) is 22.7. The molecule has 0 atom stereocenters. The van der Waals surface area contributed by atoms with Crippen molar-refractivity contribution in [3.05, 3.63) is 48.0 Å². The highest BCUT2D eigenvalue weighted by Gasteiger charge is 2.28. The van der Waals surface area contributed by atoms with E-state index in [0.29, 0.717) is 47.9 Å². The molecule has 0 unspecified atom stereocenters. The Morgan fingerprint density at radius 1 is 1.05 bits per heavy atom. The lowest BCUT2D eigenvalue weighted by atomic mass is 9.89. The molecule has 1 saturated heterocycles. The lowest BCUT2D eigenvalue weighted by molar-refractivity contribution is -0.137. The van der Waals surface area contributed by atoms with E-state index in [1.165, 1.54) is 12.3 Å². The highest BCUT2D eigenvalue weighted by molar-refractivity contribution is 6.00. The van der Waals surface area contributed by atoms with Gasteiger partial charge >= 0.3 is 5.97 Å².